The molecule has 104 valence electrons. The number of carbonyl (C=O) groups excluding carboxylic acids is 1. The first-order chi connectivity index (χ1) is 10.3. The average molecular weight is 277 g/mol. The van der Waals surface area contributed by atoms with Gasteiger partial charge in [0.15, 0.2) is 0 Å². The molecule has 0 bridgehead atoms. The molecule has 0 aliphatic heterocycles. The molecule has 4 heteroatoms. The molecule has 0 saturated heterocycles. The highest BCUT2D eigenvalue weighted by molar-refractivity contribution is 6.07. The predicted molar refractivity (Wildman–Crippen MR) is 83.3 cm³/mol. The molecule has 0 unspecified atom stereocenters. The van der Waals surface area contributed by atoms with Crippen LogP contribution < -0.4 is 4.90 Å². The van der Waals surface area contributed by atoms with Gasteiger partial charge < -0.3 is 4.90 Å². The molecule has 1 amide bonds. The van der Waals surface area contributed by atoms with Gasteiger partial charge in [0, 0.05) is 30.2 Å². The van der Waals surface area contributed by atoms with E-state index < -0.39 is 0 Å². The van der Waals surface area contributed by atoms with E-state index in [1.54, 1.807) is 29.4 Å². The van der Waals surface area contributed by atoms with Gasteiger partial charge in [0.2, 0.25) is 0 Å². The smallest absolute Gasteiger partial charge is 0.258 e. The minimum Gasteiger partial charge on any atom is -0.309 e. The SMILES string of the molecule is CCN(C(=O)c1ccc2nccnc2c1)c1ccccc1. The lowest BCUT2D eigenvalue weighted by Crippen LogP contribution is -2.30. The molecule has 0 saturated carbocycles. The number of anilines is 1. The van der Waals surface area contributed by atoms with Crippen molar-refractivity contribution in [1.82, 2.24) is 9.97 Å². The number of hydrogen-bond donors (Lipinski definition) is 0. The molecule has 0 N–H and O–H groups in total. The molecule has 0 atom stereocenters. The lowest BCUT2D eigenvalue weighted by atomic mass is 10.1. The van der Waals surface area contributed by atoms with Crippen molar-refractivity contribution in [2.24, 2.45) is 0 Å². The standard InChI is InChI=1S/C17H15N3O/c1-2-20(14-6-4-3-5-7-14)17(21)13-8-9-15-16(12-13)19-11-10-18-15/h3-12H,2H2,1H3. The minimum absolute atomic E-state index is 0.0312. The minimum atomic E-state index is -0.0312. The Morgan fingerprint density at radius 3 is 2.43 bits per heavy atom. The van der Waals surface area contributed by atoms with Crippen LogP contribution in [-0.2, 0) is 0 Å². The monoisotopic (exact) mass is 277 g/mol. The second-order valence-corrected chi connectivity index (χ2v) is 4.64. The van der Waals surface area contributed by atoms with Crippen LogP contribution in [0.15, 0.2) is 60.9 Å². The molecule has 1 aromatic heterocycles. The maximum absolute atomic E-state index is 12.7. The molecule has 0 radical (unpaired) electrons. The van der Waals surface area contributed by atoms with Crippen LogP contribution in [0.1, 0.15) is 17.3 Å². The van der Waals surface area contributed by atoms with Crippen molar-refractivity contribution in [2.75, 3.05) is 11.4 Å². The summed E-state index contributed by atoms with van der Waals surface area (Å²) >= 11 is 0. The second kappa shape index (κ2) is 5.71. The van der Waals surface area contributed by atoms with E-state index in [9.17, 15) is 4.79 Å². The van der Waals surface area contributed by atoms with E-state index in [1.165, 1.54) is 0 Å². The van der Waals surface area contributed by atoms with Crippen LogP contribution in [0.4, 0.5) is 5.69 Å². The maximum Gasteiger partial charge on any atom is 0.258 e. The Morgan fingerprint density at radius 1 is 1.00 bits per heavy atom. The normalized spacial score (nSPS) is 10.5. The highest BCUT2D eigenvalue weighted by atomic mass is 16.2. The third-order valence-corrected chi connectivity index (χ3v) is 3.35. The Kier molecular flexibility index (Phi) is 3.60. The van der Waals surface area contributed by atoms with E-state index in [0.29, 0.717) is 12.1 Å². The number of benzene rings is 2. The van der Waals surface area contributed by atoms with E-state index in [0.717, 1.165) is 16.7 Å². The van der Waals surface area contributed by atoms with Crippen LogP contribution in [0.5, 0.6) is 0 Å². The summed E-state index contributed by atoms with van der Waals surface area (Å²) in [5, 5.41) is 0. The highest BCUT2D eigenvalue weighted by Gasteiger charge is 2.16. The van der Waals surface area contributed by atoms with Crippen molar-refractivity contribution in [2.45, 2.75) is 6.92 Å². The fraction of sp³-hybridized carbons (Fsp3) is 0.118. The molecular formula is C17H15N3O. The van der Waals surface area contributed by atoms with Crippen LogP contribution in [0.3, 0.4) is 0 Å². The predicted octanol–water partition coefficient (Wildman–Crippen LogP) is 3.30. The van der Waals surface area contributed by atoms with Crippen molar-refractivity contribution >= 4 is 22.6 Å². The van der Waals surface area contributed by atoms with Gasteiger partial charge in [-0.05, 0) is 37.3 Å². The van der Waals surface area contributed by atoms with Gasteiger partial charge in [-0.25, -0.2) is 0 Å². The zero-order chi connectivity index (χ0) is 14.7. The molecule has 3 aromatic rings. The first-order valence-corrected chi connectivity index (χ1v) is 6.87. The van der Waals surface area contributed by atoms with E-state index in [2.05, 4.69) is 9.97 Å². The van der Waals surface area contributed by atoms with Crippen LogP contribution in [0.2, 0.25) is 0 Å². The Hall–Kier alpha value is -2.75. The average Bonchev–Trinajstić information content (AvgIpc) is 2.56. The Labute approximate surface area is 123 Å². The third-order valence-electron chi connectivity index (χ3n) is 3.35. The van der Waals surface area contributed by atoms with Gasteiger partial charge in [-0.15, -0.1) is 0 Å². The van der Waals surface area contributed by atoms with Gasteiger partial charge in [0.05, 0.1) is 11.0 Å². The van der Waals surface area contributed by atoms with Crippen molar-refractivity contribution in [3.8, 4) is 0 Å². The molecule has 0 aliphatic rings. The maximum atomic E-state index is 12.7. The number of carbonyl (C=O) groups is 1. The number of para-hydroxylation sites is 1. The third kappa shape index (κ3) is 2.60. The first kappa shape index (κ1) is 13.2. The fourth-order valence-electron chi connectivity index (χ4n) is 2.30. The van der Waals surface area contributed by atoms with Gasteiger partial charge in [-0.2, -0.15) is 0 Å². The molecule has 0 fully saturated rings. The zero-order valence-corrected chi connectivity index (χ0v) is 11.7. The molecule has 0 spiro atoms. The summed E-state index contributed by atoms with van der Waals surface area (Å²) in [6.45, 7) is 2.58. The largest absolute Gasteiger partial charge is 0.309 e. The van der Waals surface area contributed by atoms with E-state index >= 15 is 0 Å². The number of amides is 1. The van der Waals surface area contributed by atoms with E-state index in [4.69, 9.17) is 0 Å². The zero-order valence-electron chi connectivity index (χ0n) is 11.7. The molecule has 2 aromatic carbocycles. The summed E-state index contributed by atoms with van der Waals surface area (Å²) in [5.74, 6) is -0.0312. The molecule has 3 rings (SSSR count). The number of fused-ring (bicyclic) bond motifs is 1. The van der Waals surface area contributed by atoms with Crippen LogP contribution in [-0.4, -0.2) is 22.4 Å². The molecule has 0 aliphatic carbocycles. The van der Waals surface area contributed by atoms with Gasteiger partial charge in [-0.1, -0.05) is 18.2 Å². The lowest BCUT2D eigenvalue weighted by Gasteiger charge is -2.21. The van der Waals surface area contributed by atoms with Crippen molar-refractivity contribution in [1.29, 1.82) is 0 Å². The summed E-state index contributed by atoms with van der Waals surface area (Å²) < 4.78 is 0. The topological polar surface area (TPSA) is 46.1 Å². The number of hydrogen-bond acceptors (Lipinski definition) is 3. The summed E-state index contributed by atoms with van der Waals surface area (Å²) in [4.78, 5) is 22.9. The number of rotatable bonds is 3. The van der Waals surface area contributed by atoms with Crippen LogP contribution in [0.25, 0.3) is 11.0 Å². The molecule has 4 nitrogen and oxygen atoms in total. The quantitative estimate of drug-likeness (QED) is 0.738. The van der Waals surface area contributed by atoms with Crippen LogP contribution >= 0.6 is 0 Å². The summed E-state index contributed by atoms with van der Waals surface area (Å²) in [6, 6.07) is 15.1. The van der Waals surface area contributed by atoms with E-state index in [-0.39, 0.29) is 5.91 Å². The molecule has 1 heterocycles. The van der Waals surface area contributed by atoms with Crippen molar-refractivity contribution in [3.05, 3.63) is 66.5 Å². The Bertz CT molecular complexity index is 771. The Morgan fingerprint density at radius 2 is 1.71 bits per heavy atom. The molecular weight excluding hydrogens is 262 g/mol. The van der Waals surface area contributed by atoms with Gasteiger partial charge in [0.1, 0.15) is 0 Å². The summed E-state index contributed by atoms with van der Waals surface area (Å²) in [5.41, 5.74) is 3.03. The first-order valence-electron chi connectivity index (χ1n) is 6.87. The van der Waals surface area contributed by atoms with Crippen LogP contribution in [0, 0.1) is 0 Å². The van der Waals surface area contributed by atoms with Gasteiger partial charge >= 0.3 is 0 Å². The fourth-order valence-corrected chi connectivity index (χ4v) is 2.30. The number of aromatic nitrogens is 2. The Balaban J connectivity index is 1.98. The van der Waals surface area contributed by atoms with Crippen molar-refractivity contribution in [3.63, 3.8) is 0 Å². The highest BCUT2D eigenvalue weighted by Crippen LogP contribution is 2.18. The summed E-state index contributed by atoms with van der Waals surface area (Å²) in [7, 11) is 0. The second-order valence-electron chi connectivity index (χ2n) is 4.64. The van der Waals surface area contributed by atoms with Crippen molar-refractivity contribution < 1.29 is 4.79 Å². The van der Waals surface area contributed by atoms with Gasteiger partial charge in [-0.3, -0.25) is 14.8 Å². The summed E-state index contributed by atoms with van der Waals surface area (Å²) in [6.07, 6.45) is 3.28. The lowest BCUT2D eigenvalue weighted by molar-refractivity contribution is 0.0988. The van der Waals surface area contributed by atoms with E-state index in [1.807, 2.05) is 43.3 Å². The van der Waals surface area contributed by atoms with Gasteiger partial charge in [0.25, 0.3) is 5.91 Å². The molecule has 21 heavy (non-hydrogen) atoms. The number of nitrogens with zero attached hydrogens (tertiary/aromatic N) is 3.